The minimum atomic E-state index is 1.07. The molecule has 0 amide bonds. The maximum absolute atomic E-state index is 3.10. The summed E-state index contributed by atoms with van der Waals surface area (Å²) in [6, 6.07) is 4.14. The molecule has 2 rings (SSSR count). The Morgan fingerprint density at radius 3 is 2.43 bits per heavy atom. The van der Waals surface area contributed by atoms with Crippen LogP contribution < -0.4 is 4.57 Å². The van der Waals surface area contributed by atoms with E-state index in [1.165, 1.54) is 5.56 Å². The summed E-state index contributed by atoms with van der Waals surface area (Å²) >= 11 is 0. The number of hydrogen-bond donors (Lipinski definition) is 0. The molecule has 0 saturated heterocycles. The lowest BCUT2D eigenvalue weighted by atomic mass is 10.1. The molecule has 1 aliphatic heterocycles. The fraction of sp³-hybridized carbons (Fsp3) is 0.167. The zero-order valence-electron chi connectivity index (χ0n) is 8.36. The summed E-state index contributed by atoms with van der Waals surface area (Å²) in [5, 5.41) is 0. The van der Waals surface area contributed by atoms with Crippen molar-refractivity contribution in [2.75, 3.05) is 7.05 Å². The van der Waals surface area contributed by atoms with Crippen molar-refractivity contribution < 1.29 is 9.14 Å². The van der Waals surface area contributed by atoms with Crippen LogP contribution in [0.1, 0.15) is 5.56 Å². The molecule has 1 aromatic rings. The highest BCUT2D eigenvalue weighted by Gasteiger charge is 2.03. The number of hydrogen-bond acceptors (Lipinski definition) is 0. The van der Waals surface area contributed by atoms with Gasteiger partial charge in [0.05, 0.1) is 0 Å². The summed E-state index contributed by atoms with van der Waals surface area (Å²) < 4.78 is 3.86. The first-order valence-electron chi connectivity index (χ1n) is 4.51. The molecule has 2 heteroatoms. The molecule has 2 heterocycles. The minimum Gasteiger partial charge on any atom is -0.208 e. The second kappa shape index (κ2) is 3.47. The molecule has 0 bridgehead atoms. The average Bonchev–Trinajstić information content (AvgIpc) is 2.21. The van der Waals surface area contributed by atoms with E-state index >= 15 is 0 Å². The second-order valence-corrected chi connectivity index (χ2v) is 3.33. The summed E-state index contributed by atoms with van der Waals surface area (Å²) in [4.78, 5) is 0. The van der Waals surface area contributed by atoms with E-state index in [-0.39, 0.29) is 0 Å². The third-order valence-corrected chi connectivity index (χ3v) is 2.12. The summed E-state index contributed by atoms with van der Waals surface area (Å²) in [7, 11) is 3.94. The highest BCUT2D eigenvalue weighted by atomic mass is 14.9. The van der Waals surface area contributed by atoms with Gasteiger partial charge in [-0.3, -0.25) is 0 Å². The zero-order chi connectivity index (χ0) is 9.97. The standard InChI is InChI=1S/C12H12N2/c1-13-7-3-11(4-8-13)12-5-9-14(2)10-6-12/h3-5,7-9H,1-2H3/q+2. The van der Waals surface area contributed by atoms with Crippen LogP contribution in [-0.4, -0.2) is 17.5 Å². The monoisotopic (exact) mass is 184 g/mol. The molecule has 0 spiro atoms. The molecule has 68 valence electrons. The minimum absolute atomic E-state index is 1.07. The van der Waals surface area contributed by atoms with Gasteiger partial charge in [0, 0.05) is 35.1 Å². The predicted molar refractivity (Wildman–Crippen MR) is 54.9 cm³/mol. The van der Waals surface area contributed by atoms with Crippen molar-refractivity contribution >= 4 is 11.4 Å². The molecular formula is C12H12N2+2. The van der Waals surface area contributed by atoms with Gasteiger partial charge in [0.2, 0.25) is 5.87 Å². The van der Waals surface area contributed by atoms with Crippen LogP contribution in [0.5, 0.6) is 0 Å². The lowest BCUT2D eigenvalue weighted by Gasteiger charge is -1.96. The third kappa shape index (κ3) is 1.72. The van der Waals surface area contributed by atoms with Gasteiger partial charge in [-0.2, -0.15) is 4.58 Å². The van der Waals surface area contributed by atoms with E-state index in [2.05, 4.69) is 23.7 Å². The van der Waals surface area contributed by atoms with E-state index in [4.69, 9.17) is 0 Å². The Kier molecular flexibility index (Phi) is 2.16. The van der Waals surface area contributed by atoms with Crippen LogP contribution in [0.3, 0.4) is 0 Å². The smallest absolute Gasteiger partial charge is 0.208 e. The van der Waals surface area contributed by atoms with Gasteiger partial charge in [0.15, 0.2) is 18.6 Å². The molecule has 0 N–H and O–H groups in total. The number of aromatic nitrogens is 1. The first kappa shape index (κ1) is 8.71. The first-order valence-corrected chi connectivity index (χ1v) is 4.51. The SMILES string of the molecule is C[N+]1=C=C=C(c2cc[n+](C)cc2)C=C1. The van der Waals surface area contributed by atoms with Gasteiger partial charge in [-0.1, -0.05) is 0 Å². The zero-order valence-corrected chi connectivity index (χ0v) is 8.36. The van der Waals surface area contributed by atoms with Crippen molar-refractivity contribution in [3.8, 4) is 0 Å². The van der Waals surface area contributed by atoms with Crippen molar-refractivity contribution in [2.24, 2.45) is 7.05 Å². The summed E-state index contributed by atoms with van der Waals surface area (Å²) in [6.45, 7) is 0. The van der Waals surface area contributed by atoms with Crippen LogP contribution >= 0.6 is 0 Å². The molecule has 0 radical (unpaired) electrons. The van der Waals surface area contributed by atoms with E-state index in [1.807, 2.05) is 47.9 Å². The lowest BCUT2D eigenvalue weighted by Crippen LogP contribution is -2.25. The van der Waals surface area contributed by atoms with Gasteiger partial charge < -0.3 is 0 Å². The van der Waals surface area contributed by atoms with Crippen LogP contribution in [0.2, 0.25) is 0 Å². The predicted octanol–water partition coefficient (Wildman–Crippen LogP) is 0.889. The van der Waals surface area contributed by atoms with E-state index in [9.17, 15) is 0 Å². The highest BCUT2D eigenvalue weighted by Crippen LogP contribution is 2.12. The second-order valence-electron chi connectivity index (χ2n) is 3.33. The van der Waals surface area contributed by atoms with Crippen LogP contribution in [0, 0.1) is 0 Å². The Bertz CT molecular complexity index is 480. The number of aryl methyl sites for hydroxylation is 1. The molecule has 0 fully saturated rings. The molecule has 0 aliphatic carbocycles. The van der Waals surface area contributed by atoms with E-state index in [0.717, 1.165) is 5.57 Å². The number of allylic oxidation sites excluding steroid dienone is 2. The quantitative estimate of drug-likeness (QED) is 0.452. The van der Waals surface area contributed by atoms with Gasteiger partial charge in [-0.25, -0.2) is 4.57 Å². The first-order chi connectivity index (χ1) is 6.75. The maximum atomic E-state index is 3.10. The Hall–Kier alpha value is -1.88. The number of rotatable bonds is 1. The topological polar surface area (TPSA) is 6.89 Å². The lowest BCUT2D eigenvalue weighted by molar-refractivity contribution is -0.671. The van der Waals surface area contributed by atoms with Crippen LogP contribution in [-0.2, 0) is 7.05 Å². The molecule has 0 aromatic carbocycles. The largest absolute Gasteiger partial charge is 0.227 e. The van der Waals surface area contributed by atoms with Crippen molar-refractivity contribution in [3.63, 3.8) is 0 Å². The van der Waals surface area contributed by atoms with Crippen molar-refractivity contribution in [2.45, 2.75) is 0 Å². The fourth-order valence-corrected chi connectivity index (χ4v) is 1.26. The van der Waals surface area contributed by atoms with E-state index < -0.39 is 0 Å². The molecule has 14 heavy (non-hydrogen) atoms. The van der Waals surface area contributed by atoms with E-state index in [1.54, 1.807) is 0 Å². The van der Waals surface area contributed by atoms with Gasteiger partial charge >= 0.3 is 0 Å². The molecule has 1 aliphatic rings. The van der Waals surface area contributed by atoms with Crippen LogP contribution in [0.15, 0.2) is 42.5 Å². The Morgan fingerprint density at radius 1 is 1.14 bits per heavy atom. The molecule has 1 aromatic heterocycles. The highest BCUT2D eigenvalue weighted by molar-refractivity contribution is 5.78. The molecule has 2 nitrogen and oxygen atoms in total. The van der Waals surface area contributed by atoms with Crippen LogP contribution in [0.4, 0.5) is 0 Å². The van der Waals surface area contributed by atoms with Gasteiger partial charge in [0.25, 0.3) is 0 Å². The molecule has 0 saturated carbocycles. The van der Waals surface area contributed by atoms with Gasteiger partial charge in [-0.15, -0.1) is 0 Å². The van der Waals surface area contributed by atoms with Crippen LogP contribution in [0.25, 0.3) is 5.57 Å². The number of pyridine rings is 1. The van der Waals surface area contributed by atoms with Gasteiger partial charge in [-0.05, 0) is 0 Å². The summed E-state index contributed by atoms with van der Waals surface area (Å²) in [6.07, 6.45) is 8.05. The van der Waals surface area contributed by atoms with Crippen molar-refractivity contribution in [3.05, 3.63) is 48.1 Å². The Labute approximate surface area is 83.4 Å². The van der Waals surface area contributed by atoms with Crippen molar-refractivity contribution in [1.29, 1.82) is 0 Å². The molecule has 0 atom stereocenters. The average molecular weight is 184 g/mol. The normalized spacial score (nSPS) is 13.9. The third-order valence-electron chi connectivity index (χ3n) is 2.12. The molecular weight excluding hydrogens is 172 g/mol. The fourth-order valence-electron chi connectivity index (χ4n) is 1.26. The maximum Gasteiger partial charge on any atom is 0.227 e. The van der Waals surface area contributed by atoms with E-state index in [0.29, 0.717) is 0 Å². The summed E-state index contributed by atoms with van der Waals surface area (Å²) in [5.74, 6) is 3.00. The Balaban J connectivity index is 2.48. The Morgan fingerprint density at radius 2 is 1.86 bits per heavy atom. The van der Waals surface area contributed by atoms with Crippen molar-refractivity contribution in [1.82, 2.24) is 0 Å². The summed E-state index contributed by atoms with van der Waals surface area (Å²) in [5.41, 5.74) is 5.34. The number of nitrogens with zero attached hydrogens (tertiary/aromatic N) is 2. The van der Waals surface area contributed by atoms with Gasteiger partial charge in [0.1, 0.15) is 14.1 Å². The molecule has 0 unspecified atom stereocenters.